The maximum Gasteiger partial charge on any atom is 0.313 e. The third kappa shape index (κ3) is 2.15. The number of hydrogen-bond donors (Lipinski definition) is 1. The zero-order valence-corrected chi connectivity index (χ0v) is 15.9. The van der Waals surface area contributed by atoms with Crippen LogP contribution < -0.4 is 0 Å². The van der Waals surface area contributed by atoms with Crippen LogP contribution in [-0.2, 0) is 19.0 Å². The van der Waals surface area contributed by atoms with Gasteiger partial charge in [0, 0.05) is 30.4 Å². The van der Waals surface area contributed by atoms with Gasteiger partial charge in [0.05, 0.1) is 30.7 Å². The molecule has 0 aromatic carbocycles. The lowest BCUT2D eigenvalue weighted by Gasteiger charge is -2.59. The molecule has 1 aromatic heterocycles. The number of furan rings is 1. The van der Waals surface area contributed by atoms with Crippen LogP contribution in [0.3, 0.4) is 0 Å². The van der Waals surface area contributed by atoms with Gasteiger partial charge in [0.25, 0.3) is 0 Å². The van der Waals surface area contributed by atoms with E-state index >= 15 is 0 Å². The number of carbonyl (C=O) groups excluding carboxylic acids is 1. The summed E-state index contributed by atoms with van der Waals surface area (Å²) in [6.07, 6.45) is 6.39. The molecule has 1 aromatic rings. The number of ether oxygens (including phenoxy) is 3. The molecule has 2 aliphatic heterocycles. The summed E-state index contributed by atoms with van der Waals surface area (Å²) in [7, 11) is 1.67. The number of esters is 1. The number of hydrogen-bond acceptors (Lipinski definition) is 6. The second kappa shape index (κ2) is 6.06. The van der Waals surface area contributed by atoms with Crippen molar-refractivity contribution in [3.8, 4) is 0 Å². The average Bonchev–Trinajstić information content (AvgIpc) is 3.38. The van der Waals surface area contributed by atoms with Crippen LogP contribution >= 0.6 is 0 Å². The summed E-state index contributed by atoms with van der Waals surface area (Å²) in [5, 5.41) is 11.2. The Bertz CT molecular complexity index is 716. The molecule has 4 aliphatic rings. The molecule has 0 radical (unpaired) electrons. The van der Waals surface area contributed by atoms with E-state index in [9.17, 15) is 9.90 Å². The molecule has 5 rings (SSSR count). The van der Waals surface area contributed by atoms with E-state index in [1.54, 1.807) is 19.6 Å². The number of rotatable bonds is 2. The minimum atomic E-state index is -0.578. The summed E-state index contributed by atoms with van der Waals surface area (Å²) in [5.74, 6) is 0.125. The van der Waals surface area contributed by atoms with Crippen LogP contribution in [0.25, 0.3) is 0 Å². The van der Waals surface area contributed by atoms with Gasteiger partial charge in [-0.3, -0.25) is 4.79 Å². The number of methoxy groups -OCH3 is 1. The van der Waals surface area contributed by atoms with Gasteiger partial charge in [-0.2, -0.15) is 0 Å². The second-order valence-corrected chi connectivity index (χ2v) is 8.97. The van der Waals surface area contributed by atoms with Gasteiger partial charge >= 0.3 is 5.97 Å². The third-order valence-electron chi connectivity index (χ3n) is 8.17. The van der Waals surface area contributed by atoms with Crippen molar-refractivity contribution >= 4 is 5.97 Å². The standard InChI is InChI=1S/C21H28O6/c1-12-8-17(22)21-11-26-18(24-2)14(21)4-3-5-16(21)20(12)9-15(27-19(20)23)13-6-7-25-10-13/h6-7,10,12,14-18,22H,3-5,8-9,11H2,1-2H3. The molecule has 0 bridgehead atoms. The predicted octanol–water partition coefficient (Wildman–Crippen LogP) is 3.06. The van der Waals surface area contributed by atoms with Crippen molar-refractivity contribution in [2.45, 2.75) is 57.5 Å². The predicted molar refractivity (Wildman–Crippen MR) is 94.4 cm³/mol. The Hall–Kier alpha value is -1.37. The van der Waals surface area contributed by atoms with E-state index in [-0.39, 0.29) is 36.1 Å². The summed E-state index contributed by atoms with van der Waals surface area (Å²) in [4.78, 5) is 13.4. The van der Waals surface area contributed by atoms with Crippen LogP contribution in [0.4, 0.5) is 0 Å². The van der Waals surface area contributed by atoms with Crippen LogP contribution in [0.2, 0.25) is 0 Å². The van der Waals surface area contributed by atoms with Gasteiger partial charge in [0.15, 0.2) is 6.29 Å². The lowest BCUT2D eigenvalue weighted by atomic mass is 9.43. The summed E-state index contributed by atoms with van der Waals surface area (Å²) < 4.78 is 22.7. The Balaban J connectivity index is 1.58. The van der Waals surface area contributed by atoms with Crippen LogP contribution in [0.5, 0.6) is 0 Å². The molecular weight excluding hydrogens is 348 g/mol. The number of aliphatic hydroxyl groups excluding tert-OH is 1. The van der Waals surface area contributed by atoms with Crippen LogP contribution in [-0.4, -0.2) is 37.2 Å². The fourth-order valence-electron chi connectivity index (χ4n) is 6.93. The number of fused-ring (bicyclic) bond motifs is 1. The molecule has 8 atom stereocenters. The largest absolute Gasteiger partial charge is 0.472 e. The molecule has 6 heteroatoms. The smallest absolute Gasteiger partial charge is 0.313 e. The van der Waals surface area contributed by atoms with E-state index in [0.29, 0.717) is 19.4 Å². The van der Waals surface area contributed by atoms with Crippen LogP contribution in [0.15, 0.2) is 23.0 Å². The fourth-order valence-corrected chi connectivity index (χ4v) is 6.93. The van der Waals surface area contributed by atoms with Crippen molar-refractivity contribution in [2.24, 2.45) is 28.6 Å². The quantitative estimate of drug-likeness (QED) is 0.800. The summed E-state index contributed by atoms with van der Waals surface area (Å²) in [6.45, 7) is 2.56. The van der Waals surface area contributed by atoms with Crippen molar-refractivity contribution in [1.29, 1.82) is 0 Å². The SMILES string of the molecule is COC1OCC23C(O)CC(C)C4(CC(c5ccoc5)OC4=O)C2CCCC13. The minimum absolute atomic E-state index is 0.0482. The Morgan fingerprint density at radius 3 is 2.93 bits per heavy atom. The van der Waals surface area contributed by atoms with E-state index in [2.05, 4.69) is 6.92 Å². The van der Waals surface area contributed by atoms with Crippen molar-refractivity contribution in [1.82, 2.24) is 0 Å². The normalized spacial score (nSPS) is 49.1. The van der Waals surface area contributed by atoms with Crippen LogP contribution in [0.1, 0.15) is 50.7 Å². The highest BCUT2D eigenvalue weighted by molar-refractivity contribution is 5.80. The highest BCUT2D eigenvalue weighted by Gasteiger charge is 2.72. The van der Waals surface area contributed by atoms with E-state index in [4.69, 9.17) is 18.6 Å². The molecule has 148 valence electrons. The molecule has 2 saturated heterocycles. The number of aliphatic hydroxyl groups is 1. The minimum Gasteiger partial charge on any atom is -0.472 e. The van der Waals surface area contributed by atoms with Crippen molar-refractivity contribution in [3.63, 3.8) is 0 Å². The second-order valence-electron chi connectivity index (χ2n) is 8.97. The molecule has 2 saturated carbocycles. The molecule has 6 nitrogen and oxygen atoms in total. The molecule has 4 fully saturated rings. The van der Waals surface area contributed by atoms with Gasteiger partial charge in [-0.1, -0.05) is 13.3 Å². The molecule has 27 heavy (non-hydrogen) atoms. The first-order valence-corrected chi connectivity index (χ1v) is 10.1. The topological polar surface area (TPSA) is 78.1 Å². The first-order chi connectivity index (χ1) is 13.0. The molecule has 8 unspecified atom stereocenters. The molecule has 2 spiro atoms. The number of carbonyl (C=O) groups is 1. The lowest BCUT2D eigenvalue weighted by Crippen LogP contribution is -2.63. The zero-order valence-electron chi connectivity index (χ0n) is 15.9. The molecule has 2 aliphatic carbocycles. The molecule has 1 N–H and O–H groups in total. The summed E-state index contributed by atoms with van der Waals surface area (Å²) in [5.41, 5.74) is -0.0842. The summed E-state index contributed by atoms with van der Waals surface area (Å²) >= 11 is 0. The van der Waals surface area contributed by atoms with Crippen molar-refractivity contribution in [3.05, 3.63) is 24.2 Å². The van der Waals surface area contributed by atoms with Gasteiger partial charge in [-0.25, -0.2) is 0 Å². The van der Waals surface area contributed by atoms with E-state index in [0.717, 1.165) is 24.8 Å². The van der Waals surface area contributed by atoms with Gasteiger partial charge in [-0.05, 0) is 37.2 Å². The van der Waals surface area contributed by atoms with Crippen molar-refractivity contribution < 1.29 is 28.5 Å². The average molecular weight is 376 g/mol. The maximum absolute atomic E-state index is 13.4. The lowest BCUT2D eigenvalue weighted by molar-refractivity contribution is -0.195. The molecule has 3 heterocycles. The Labute approximate surface area is 159 Å². The van der Waals surface area contributed by atoms with Crippen molar-refractivity contribution in [2.75, 3.05) is 13.7 Å². The van der Waals surface area contributed by atoms with E-state index in [1.807, 2.05) is 6.07 Å². The highest BCUT2D eigenvalue weighted by atomic mass is 16.7. The van der Waals surface area contributed by atoms with E-state index < -0.39 is 16.9 Å². The third-order valence-corrected chi connectivity index (χ3v) is 8.17. The Morgan fingerprint density at radius 1 is 1.33 bits per heavy atom. The fraction of sp³-hybridized carbons (Fsp3) is 0.762. The van der Waals surface area contributed by atoms with Gasteiger partial charge in [0.2, 0.25) is 0 Å². The number of cyclic esters (lactones) is 1. The molecular formula is C21H28O6. The van der Waals surface area contributed by atoms with Gasteiger partial charge < -0.3 is 23.7 Å². The monoisotopic (exact) mass is 376 g/mol. The highest BCUT2D eigenvalue weighted by Crippen LogP contribution is 2.68. The first-order valence-electron chi connectivity index (χ1n) is 10.1. The summed E-state index contributed by atoms with van der Waals surface area (Å²) in [6, 6.07) is 1.87. The van der Waals surface area contributed by atoms with Gasteiger partial charge in [0.1, 0.15) is 6.10 Å². The van der Waals surface area contributed by atoms with Crippen LogP contribution in [0, 0.1) is 28.6 Å². The van der Waals surface area contributed by atoms with E-state index in [1.165, 1.54) is 0 Å². The Morgan fingerprint density at radius 2 is 2.19 bits per heavy atom. The maximum atomic E-state index is 13.4. The first kappa shape index (κ1) is 17.7. The molecule has 0 amide bonds. The zero-order chi connectivity index (χ0) is 18.8. The Kier molecular flexibility index (Phi) is 3.98. The van der Waals surface area contributed by atoms with Gasteiger partial charge in [-0.15, -0.1) is 0 Å².